The first-order chi connectivity index (χ1) is 7.34. The van der Waals surface area contributed by atoms with Crippen molar-refractivity contribution < 1.29 is 9.84 Å². The smallest absolute Gasteiger partial charge is 0.0950 e. The number of aliphatic hydroxyl groups excluding tert-OH is 1. The Morgan fingerprint density at radius 2 is 2.60 bits per heavy atom. The molecular formula is C11H17NO2S. The van der Waals surface area contributed by atoms with Crippen LogP contribution in [0.1, 0.15) is 30.7 Å². The minimum atomic E-state index is -0.264. The number of hydrogen-bond donors (Lipinski definition) is 1. The third kappa shape index (κ3) is 3.55. The summed E-state index contributed by atoms with van der Waals surface area (Å²) in [6.45, 7) is 0.896. The zero-order chi connectivity index (χ0) is 10.5. The summed E-state index contributed by atoms with van der Waals surface area (Å²) in [6, 6.07) is 0. The number of rotatable bonds is 5. The van der Waals surface area contributed by atoms with Crippen LogP contribution in [0, 0.1) is 0 Å². The maximum absolute atomic E-state index is 9.79. The van der Waals surface area contributed by atoms with Crippen LogP contribution >= 0.6 is 11.3 Å². The van der Waals surface area contributed by atoms with Crippen molar-refractivity contribution in [3.63, 3.8) is 0 Å². The largest absolute Gasteiger partial charge is 0.393 e. The summed E-state index contributed by atoms with van der Waals surface area (Å²) in [4.78, 5) is 4.16. The Morgan fingerprint density at radius 1 is 1.67 bits per heavy atom. The van der Waals surface area contributed by atoms with Gasteiger partial charge in [0.05, 0.1) is 17.2 Å². The fourth-order valence-electron chi connectivity index (χ4n) is 1.91. The van der Waals surface area contributed by atoms with E-state index in [1.165, 1.54) is 6.42 Å². The molecule has 1 aliphatic heterocycles. The van der Waals surface area contributed by atoms with Crippen molar-refractivity contribution in [2.45, 2.75) is 44.3 Å². The molecule has 1 saturated heterocycles. The van der Waals surface area contributed by atoms with Crippen molar-refractivity contribution in [1.29, 1.82) is 0 Å². The second kappa shape index (κ2) is 5.58. The van der Waals surface area contributed by atoms with Gasteiger partial charge in [0.15, 0.2) is 0 Å². The number of hydrogen-bond acceptors (Lipinski definition) is 4. The number of nitrogens with zero attached hydrogens (tertiary/aromatic N) is 1. The summed E-state index contributed by atoms with van der Waals surface area (Å²) < 4.78 is 5.51. The molecule has 1 N–H and O–H groups in total. The highest BCUT2D eigenvalue weighted by Crippen LogP contribution is 2.19. The highest BCUT2D eigenvalue weighted by Gasteiger charge is 2.17. The Kier molecular flexibility index (Phi) is 4.11. The van der Waals surface area contributed by atoms with Gasteiger partial charge in [-0.25, -0.2) is 4.98 Å². The molecule has 0 spiro atoms. The zero-order valence-corrected chi connectivity index (χ0v) is 9.58. The fraction of sp³-hybridized carbons (Fsp3) is 0.727. The molecule has 0 amide bonds. The van der Waals surface area contributed by atoms with Crippen molar-refractivity contribution in [1.82, 2.24) is 4.98 Å². The quantitative estimate of drug-likeness (QED) is 0.836. The average molecular weight is 227 g/mol. The third-order valence-corrected chi connectivity index (χ3v) is 3.54. The molecule has 0 aromatic carbocycles. The van der Waals surface area contributed by atoms with E-state index in [1.54, 1.807) is 17.5 Å². The Hall–Kier alpha value is -0.450. The zero-order valence-electron chi connectivity index (χ0n) is 8.76. The van der Waals surface area contributed by atoms with Crippen LogP contribution in [-0.4, -0.2) is 28.9 Å². The minimum Gasteiger partial charge on any atom is -0.393 e. The predicted octanol–water partition coefficient (Wildman–Crippen LogP) is 2.01. The maximum Gasteiger partial charge on any atom is 0.0950 e. The predicted molar refractivity (Wildman–Crippen MR) is 60.0 cm³/mol. The van der Waals surface area contributed by atoms with Gasteiger partial charge in [0, 0.05) is 24.6 Å². The van der Waals surface area contributed by atoms with Crippen LogP contribution < -0.4 is 0 Å². The molecule has 0 bridgehead atoms. The molecule has 0 aliphatic carbocycles. The van der Waals surface area contributed by atoms with E-state index in [-0.39, 0.29) is 6.10 Å². The van der Waals surface area contributed by atoms with Gasteiger partial charge >= 0.3 is 0 Å². The molecule has 2 heterocycles. The molecule has 1 aromatic rings. The van der Waals surface area contributed by atoms with Gasteiger partial charge in [-0.2, -0.15) is 0 Å². The van der Waals surface area contributed by atoms with Crippen molar-refractivity contribution in [3.8, 4) is 0 Å². The Morgan fingerprint density at radius 3 is 3.27 bits per heavy atom. The van der Waals surface area contributed by atoms with E-state index in [2.05, 4.69) is 4.98 Å². The Bertz CT molecular complexity index is 270. The van der Waals surface area contributed by atoms with Gasteiger partial charge in [0.1, 0.15) is 0 Å². The molecule has 2 unspecified atom stereocenters. The molecule has 0 saturated carbocycles. The van der Waals surface area contributed by atoms with E-state index in [1.807, 2.05) is 5.38 Å². The molecule has 2 rings (SSSR count). The van der Waals surface area contributed by atoms with Gasteiger partial charge in [0.2, 0.25) is 0 Å². The van der Waals surface area contributed by atoms with E-state index >= 15 is 0 Å². The van der Waals surface area contributed by atoms with E-state index < -0.39 is 0 Å². The van der Waals surface area contributed by atoms with E-state index in [4.69, 9.17) is 4.74 Å². The molecular weight excluding hydrogens is 210 g/mol. The SMILES string of the molecule is OC(CCC1CCCO1)Cc1nccs1. The lowest BCUT2D eigenvalue weighted by Crippen LogP contribution is -2.14. The van der Waals surface area contributed by atoms with Gasteiger partial charge in [-0.3, -0.25) is 0 Å². The molecule has 1 fully saturated rings. The lowest BCUT2D eigenvalue weighted by Gasteiger charge is -2.12. The summed E-state index contributed by atoms with van der Waals surface area (Å²) in [5.41, 5.74) is 0. The standard InChI is InChI=1S/C11H17NO2S/c13-9(8-11-12-5-7-15-11)3-4-10-2-1-6-14-10/h5,7,9-10,13H,1-4,6,8H2. The van der Waals surface area contributed by atoms with Crippen LogP contribution in [0.2, 0.25) is 0 Å². The molecule has 2 atom stereocenters. The first-order valence-electron chi connectivity index (χ1n) is 5.52. The van der Waals surface area contributed by atoms with Crippen molar-refractivity contribution in [3.05, 3.63) is 16.6 Å². The summed E-state index contributed by atoms with van der Waals surface area (Å²) in [5.74, 6) is 0. The van der Waals surface area contributed by atoms with Crippen molar-refractivity contribution >= 4 is 11.3 Å². The van der Waals surface area contributed by atoms with Crippen LogP contribution in [-0.2, 0) is 11.2 Å². The van der Waals surface area contributed by atoms with Crippen LogP contribution in [0.25, 0.3) is 0 Å². The van der Waals surface area contributed by atoms with Gasteiger partial charge in [-0.05, 0) is 25.7 Å². The van der Waals surface area contributed by atoms with Crippen LogP contribution in [0.15, 0.2) is 11.6 Å². The molecule has 84 valence electrons. The van der Waals surface area contributed by atoms with Gasteiger partial charge in [-0.15, -0.1) is 11.3 Å². The summed E-state index contributed by atoms with van der Waals surface area (Å²) >= 11 is 1.61. The monoisotopic (exact) mass is 227 g/mol. The lowest BCUT2D eigenvalue weighted by molar-refractivity contribution is 0.0813. The summed E-state index contributed by atoms with van der Waals surface area (Å²) in [6.07, 6.45) is 6.72. The molecule has 15 heavy (non-hydrogen) atoms. The first kappa shape index (κ1) is 11.0. The lowest BCUT2D eigenvalue weighted by atomic mass is 10.1. The minimum absolute atomic E-state index is 0.264. The number of ether oxygens (including phenoxy) is 1. The van der Waals surface area contributed by atoms with Gasteiger partial charge in [-0.1, -0.05) is 0 Å². The van der Waals surface area contributed by atoms with Crippen LogP contribution in [0.4, 0.5) is 0 Å². The molecule has 1 aromatic heterocycles. The average Bonchev–Trinajstić information content (AvgIpc) is 2.86. The fourth-order valence-corrected chi connectivity index (χ4v) is 2.60. The van der Waals surface area contributed by atoms with Gasteiger partial charge < -0.3 is 9.84 Å². The van der Waals surface area contributed by atoms with Crippen LogP contribution in [0.5, 0.6) is 0 Å². The molecule has 0 radical (unpaired) electrons. The highest BCUT2D eigenvalue weighted by molar-refractivity contribution is 7.09. The van der Waals surface area contributed by atoms with E-state index in [0.29, 0.717) is 12.5 Å². The Labute approximate surface area is 94.1 Å². The van der Waals surface area contributed by atoms with Crippen molar-refractivity contribution in [2.75, 3.05) is 6.61 Å². The molecule has 3 nitrogen and oxygen atoms in total. The summed E-state index contributed by atoms with van der Waals surface area (Å²) in [7, 11) is 0. The summed E-state index contributed by atoms with van der Waals surface area (Å²) in [5, 5.41) is 12.8. The topological polar surface area (TPSA) is 42.4 Å². The Balaban J connectivity index is 1.66. The second-order valence-electron chi connectivity index (χ2n) is 4.00. The molecule has 4 heteroatoms. The number of aliphatic hydroxyl groups is 1. The van der Waals surface area contributed by atoms with E-state index in [9.17, 15) is 5.11 Å². The maximum atomic E-state index is 9.79. The second-order valence-corrected chi connectivity index (χ2v) is 4.98. The molecule has 1 aliphatic rings. The number of thiazole rings is 1. The normalized spacial score (nSPS) is 23.1. The highest BCUT2D eigenvalue weighted by atomic mass is 32.1. The van der Waals surface area contributed by atoms with E-state index in [0.717, 1.165) is 30.9 Å². The van der Waals surface area contributed by atoms with Crippen molar-refractivity contribution in [2.24, 2.45) is 0 Å². The third-order valence-electron chi connectivity index (χ3n) is 2.74. The van der Waals surface area contributed by atoms with Crippen LogP contribution in [0.3, 0.4) is 0 Å². The number of aromatic nitrogens is 1. The van der Waals surface area contributed by atoms with Gasteiger partial charge in [0.25, 0.3) is 0 Å². The first-order valence-corrected chi connectivity index (χ1v) is 6.40.